The molecule has 6 rings (SSSR count). The van der Waals surface area contributed by atoms with Crippen molar-refractivity contribution < 1.29 is 154 Å². The third-order valence-electron chi connectivity index (χ3n) is 12.6. The van der Waals surface area contributed by atoms with Crippen LogP contribution in [0.5, 0.6) is 0 Å². The Hall–Kier alpha value is -1.24. The van der Waals surface area contributed by atoms with Gasteiger partial charge in [0.2, 0.25) is 0 Å². The third-order valence-corrected chi connectivity index (χ3v) is 12.6. The second-order valence-electron chi connectivity index (χ2n) is 17.1. The van der Waals surface area contributed by atoms with Crippen LogP contribution in [0.4, 0.5) is 0 Å². The maximum absolute atomic E-state index is 11.4. The summed E-state index contributed by atoms with van der Waals surface area (Å²) in [6.45, 7) is -4.94. The zero-order valence-electron chi connectivity index (χ0n) is 36.0. The van der Waals surface area contributed by atoms with Crippen LogP contribution in [0.1, 0.15) is 0 Å². The van der Waals surface area contributed by atoms with Gasteiger partial charge < -0.3 is 154 Å². The summed E-state index contributed by atoms with van der Waals surface area (Å²) in [4.78, 5) is 0. The first kappa shape index (κ1) is 56.1. The van der Waals surface area contributed by atoms with Crippen molar-refractivity contribution in [1.82, 2.24) is 0 Å². The van der Waals surface area contributed by atoms with Gasteiger partial charge in [0.25, 0.3) is 0 Å². The van der Waals surface area contributed by atoms with E-state index in [1.54, 1.807) is 0 Å². The second kappa shape index (κ2) is 24.2. The predicted molar refractivity (Wildman–Crippen MR) is 204 cm³/mol. The van der Waals surface area contributed by atoms with Crippen molar-refractivity contribution >= 4 is 0 Å². The standard InChI is InChI=1S/C37H64O31/c1-57-32-28(55)30(67-36-26(53)21(48)15(42)9(3-39)62-36)18(45)12(64-32)6-59-34-25(52)23(50)17(44)11(65-34)5-60-35-29(56)31(68-37-27(54)22(49)16(43)10(4-40)63-37)19(46)13(66-35)7-58-33-24(51)20(47)14(41)8(2-38)61-33/h8-56H,2-7H2,1H3/t8-,9-,10-,11-,12-,13-,14-,15-,16-,17-,18-,19-,20+,21+,22+,23+,24-,25-,26-,27-,28-,29-,30+,31+,32+,33-,34-,35-,36+,37+/m1/s1. The molecule has 0 unspecified atom stereocenters. The second-order valence-corrected chi connectivity index (χ2v) is 17.1. The Morgan fingerprint density at radius 3 is 0.868 bits per heavy atom. The first-order valence-corrected chi connectivity index (χ1v) is 21.5. The molecule has 19 N–H and O–H groups in total. The number of aliphatic hydroxyl groups is 19. The molecule has 6 heterocycles. The average molecular weight is 1000 g/mol. The number of rotatable bonds is 17. The SMILES string of the molecule is CO[C@H]1O[C@H](CO[C@@H]2O[C@H](CO[C@@H]3O[C@H](CO[C@@H]4O[C@H](CO)[C@@H](O)[C@H](O)[C@H]4O)[C@@H](O)[C@H](O[C@@H]4O[C@H](CO)[C@@H](O)[C@H](O)[C@H]4O)[C@H]3O)[C@@H](O)[C@H](O)[C@H]2O)[C@@H](O)[C@H](O[C@@H]2O[C@H](CO)[C@@H](O)[C@H](O)[C@H]2O)[C@H]1O. The molecule has 6 fully saturated rings. The zero-order valence-corrected chi connectivity index (χ0v) is 36.0. The molecule has 398 valence electrons. The normalized spacial score (nSPS) is 52.8. The Labute approximate surface area is 384 Å². The van der Waals surface area contributed by atoms with Gasteiger partial charge in [0, 0.05) is 7.11 Å². The van der Waals surface area contributed by atoms with Gasteiger partial charge in [-0.25, -0.2) is 0 Å². The Morgan fingerprint density at radius 2 is 0.529 bits per heavy atom. The van der Waals surface area contributed by atoms with Crippen molar-refractivity contribution in [3.8, 4) is 0 Å². The molecule has 0 aromatic carbocycles. The summed E-state index contributed by atoms with van der Waals surface area (Å²) in [5.41, 5.74) is 0. The maximum Gasteiger partial charge on any atom is 0.187 e. The summed E-state index contributed by atoms with van der Waals surface area (Å²) in [5, 5.41) is 199. The first-order valence-electron chi connectivity index (χ1n) is 21.5. The van der Waals surface area contributed by atoms with E-state index in [-0.39, 0.29) is 0 Å². The molecule has 0 amide bonds. The Morgan fingerprint density at radius 1 is 0.279 bits per heavy atom. The van der Waals surface area contributed by atoms with E-state index in [0.29, 0.717) is 0 Å². The van der Waals surface area contributed by atoms with Crippen molar-refractivity contribution in [3.63, 3.8) is 0 Å². The summed E-state index contributed by atoms with van der Waals surface area (Å²) in [6.07, 6.45) is -54.6. The molecule has 0 bridgehead atoms. The average Bonchev–Trinajstić information content (AvgIpc) is 3.33. The summed E-state index contributed by atoms with van der Waals surface area (Å²) >= 11 is 0. The molecule has 68 heavy (non-hydrogen) atoms. The minimum absolute atomic E-state index is 0.754. The molecule has 0 aromatic rings. The lowest BCUT2D eigenvalue weighted by atomic mass is 9.96. The van der Waals surface area contributed by atoms with Gasteiger partial charge in [-0.1, -0.05) is 0 Å². The van der Waals surface area contributed by atoms with Gasteiger partial charge in [-0.05, 0) is 0 Å². The van der Waals surface area contributed by atoms with E-state index in [9.17, 15) is 97.0 Å². The van der Waals surface area contributed by atoms with Crippen molar-refractivity contribution in [3.05, 3.63) is 0 Å². The van der Waals surface area contributed by atoms with Crippen molar-refractivity contribution in [2.45, 2.75) is 184 Å². The molecule has 30 atom stereocenters. The van der Waals surface area contributed by atoms with Crippen LogP contribution in [0.3, 0.4) is 0 Å². The maximum atomic E-state index is 11.4. The Bertz CT molecular complexity index is 1520. The van der Waals surface area contributed by atoms with Crippen LogP contribution < -0.4 is 0 Å². The number of methoxy groups -OCH3 is 1. The topological polar surface area (TPSA) is 495 Å². The van der Waals surface area contributed by atoms with E-state index in [4.69, 9.17) is 56.8 Å². The molecule has 0 radical (unpaired) electrons. The van der Waals surface area contributed by atoms with E-state index in [0.717, 1.165) is 7.11 Å². The number of aliphatic hydroxyl groups excluding tert-OH is 19. The lowest BCUT2D eigenvalue weighted by molar-refractivity contribution is -0.373. The van der Waals surface area contributed by atoms with E-state index in [1.165, 1.54) is 0 Å². The lowest BCUT2D eigenvalue weighted by Gasteiger charge is -2.47. The number of hydrogen-bond donors (Lipinski definition) is 19. The highest BCUT2D eigenvalue weighted by Gasteiger charge is 2.55. The highest BCUT2D eigenvalue weighted by Crippen LogP contribution is 2.34. The fourth-order valence-corrected chi connectivity index (χ4v) is 8.37. The fourth-order valence-electron chi connectivity index (χ4n) is 8.37. The monoisotopic (exact) mass is 1000 g/mol. The molecule has 0 spiro atoms. The van der Waals surface area contributed by atoms with Crippen LogP contribution in [-0.4, -0.2) is 328 Å². The number of hydrogen-bond acceptors (Lipinski definition) is 31. The molecule has 6 aliphatic rings. The Kier molecular flexibility index (Phi) is 19.9. The first-order chi connectivity index (χ1) is 32.2. The van der Waals surface area contributed by atoms with E-state index in [1.807, 2.05) is 0 Å². The van der Waals surface area contributed by atoms with Crippen molar-refractivity contribution in [2.24, 2.45) is 0 Å². The van der Waals surface area contributed by atoms with Crippen LogP contribution >= 0.6 is 0 Å². The minimum atomic E-state index is -2.10. The number of ether oxygens (including phenoxy) is 12. The van der Waals surface area contributed by atoms with Crippen LogP contribution in [-0.2, 0) is 56.8 Å². The van der Waals surface area contributed by atoms with Crippen LogP contribution in [0.2, 0.25) is 0 Å². The molecule has 0 aliphatic carbocycles. The molecular weight excluding hydrogens is 940 g/mol. The zero-order chi connectivity index (χ0) is 50.0. The molecule has 6 aliphatic heterocycles. The van der Waals surface area contributed by atoms with E-state index in [2.05, 4.69) is 0 Å². The van der Waals surface area contributed by atoms with Gasteiger partial charge in [0.1, 0.15) is 146 Å². The predicted octanol–water partition coefficient (Wildman–Crippen LogP) is -13.4. The largest absolute Gasteiger partial charge is 0.394 e. The van der Waals surface area contributed by atoms with Gasteiger partial charge in [-0.2, -0.15) is 0 Å². The van der Waals surface area contributed by atoms with Gasteiger partial charge in [0.15, 0.2) is 37.7 Å². The molecule has 31 nitrogen and oxygen atoms in total. The van der Waals surface area contributed by atoms with Gasteiger partial charge in [-0.3, -0.25) is 0 Å². The Balaban J connectivity index is 1.14. The van der Waals surface area contributed by atoms with E-state index < -0.39 is 224 Å². The quantitative estimate of drug-likeness (QED) is 0.0643. The van der Waals surface area contributed by atoms with Crippen LogP contribution in [0, 0.1) is 0 Å². The van der Waals surface area contributed by atoms with Crippen LogP contribution in [0.15, 0.2) is 0 Å². The molecule has 0 aromatic heterocycles. The van der Waals surface area contributed by atoms with E-state index >= 15 is 0 Å². The molecular formula is C37H64O31. The van der Waals surface area contributed by atoms with Gasteiger partial charge in [0.05, 0.1) is 39.6 Å². The molecule has 6 saturated heterocycles. The minimum Gasteiger partial charge on any atom is -0.394 e. The summed E-state index contributed by atoms with van der Waals surface area (Å²) in [5.74, 6) is 0. The van der Waals surface area contributed by atoms with Crippen molar-refractivity contribution in [1.29, 1.82) is 0 Å². The molecule has 31 heteroatoms. The third kappa shape index (κ3) is 11.7. The smallest absolute Gasteiger partial charge is 0.187 e. The highest BCUT2D eigenvalue weighted by atomic mass is 16.8. The lowest BCUT2D eigenvalue weighted by Crippen LogP contribution is -2.66. The summed E-state index contributed by atoms with van der Waals surface area (Å²) in [7, 11) is 1.11. The van der Waals surface area contributed by atoms with Gasteiger partial charge in [-0.15, -0.1) is 0 Å². The van der Waals surface area contributed by atoms with Crippen LogP contribution in [0.25, 0.3) is 0 Å². The summed E-state index contributed by atoms with van der Waals surface area (Å²) < 4.78 is 66.3. The van der Waals surface area contributed by atoms with Gasteiger partial charge >= 0.3 is 0 Å². The molecule has 0 saturated carbocycles. The summed E-state index contributed by atoms with van der Waals surface area (Å²) in [6, 6.07) is 0. The fraction of sp³-hybridized carbons (Fsp3) is 1.00. The highest BCUT2D eigenvalue weighted by molar-refractivity contribution is 4.98. The van der Waals surface area contributed by atoms with Crippen molar-refractivity contribution in [2.75, 3.05) is 46.8 Å².